The van der Waals surface area contributed by atoms with E-state index in [1.807, 2.05) is 32.9 Å². The number of anilines is 1. The molecule has 0 atom stereocenters. The lowest BCUT2D eigenvalue weighted by atomic mass is 10.1. The highest BCUT2D eigenvalue weighted by Gasteiger charge is 2.32. The molecule has 2 heterocycles. The molecule has 0 N–H and O–H groups in total. The van der Waals surface area contributed by atoms with E-state index in [1.54, 1.807) is 34.1 Å². The van der Waals surface area contributed by atoms with Gasteiger partial charge in [-0.15, -0.1) is 0 Å². The number of nitrogens with zero attached hydrogens (tertiary/aromatic N) is 3. The molecular formula is C24H29N3O4S. The van der Waals surface area contributed by atoms with Gasteiger partial charge in [0.05, 0.1) is 4.90 Å². The summed E-state index contributed by atoms with van der Waals surface area (Å²) in [5.41, 5.74) is 3.88. The highest BCUT2D eigenvalue weighted by molar-refractivity contribution is 7.89. The van der Waals surface area contributed by atoms with Crippen LogP contribution >= 0.6 is 0 Å². The lowest BCUT2D eigenvalue weighted by Gasteiger charge is -2.34. The largest absolute Gasteiger partial charge is 0.336 e. The molecule has 2 aromatic rings. The Kier molecular flexibility index (Phi) is 6.09. The van der Waals surface area contributed by atoms with Gasteiger partial charge in [-0.1, -0.05) is 17.7 Å². The number of rotatable bonds is 4. The second kappa shape index (κ2) is 8.67. The molecule has 2 fully saturated rings. The second-order valence-electron chi connectivity index (χ2n) is 8.62. The molecule has 0 bridgehead atoms. The third-order valence-corrected chi connectivity index (χ3v) is 8.43. The number of carbonyl (C=O) groups is 2. The molecule has 2 aliphatic rings. The van der Waals surface area contributed by atoms with E-state index in [2.05, 4.69) is 0 Å². The first kappa shape index (κ1) is 22.5. The SMILES string of the molecule is Cc1cc(C)c(S(=O)(=O)N2CCN(C(=O)c3ccc(N4CCCC4=O)cc3)CC2)c(C)c1. The van der Waals surface area contributed by atoms with Crippen molar-refractivity contribution < 1.29 is 18.0 Å². The van der Waals surface area contributed by atoms with Crippen LogP contribution in [-0.2, 0) is 14.8 Å². The van der Waals surface area contributed by atoms with Gasteiger partial charge in [-0.2, -0.15) is 4.31 Å². The van der Waals surface area contributed by atoms with Gasteiger partial charge >= 0.3 is 0 Å². The topological polar surface area (TPSA) is 78.0 Å². The zero-order chi connectivity index (χ0) is 23.0. The van der Waals surface area contributed by atoms with Crippen LogP contribution in [0, 0.1) is 20.8 Å². The number of sulfonamides is 1. The van der Waals surface area contributed by atoms with Crippen molar-refractivity contribution in [2.24, 2.45) is 0 Å². The van der Waals surface area contributed by atoms with Gasteiger partial charge in [-0.25, -0.2) is 8.42 Å². The molecule has 170 valence electrons. The van der Waals surface area contributed by atoms with Crippen LogP contribution in [0.2, 0.25) is 0 Å². The van der Waals surface area contributed by atoms with E-state index in [4.69, 9.17) is 0 Å². The van der Waals surface area contributed by atoms with Crippen molar-refractivity contribution in [3.63, 3.8) is 0 Å². The van der Waals surface area contributed by atoms with Gasteiger partial charge in [0.15, 0.2) is 0 Å². The Bertz CT molecular complexity index is 1130. The van der Waals surface area contributed by atoms with Gasteiger partial charge in [0.2, 0.25) is 15.9 Å². The molecule has 2 amide bonds. The molecular weight excluding hydrogens is 426 g/mol. The Hall–Kier alpha value is -2.71. The molecule has 0 radical (unpaired) electrons. The molecule has 8 heteroatoms. The van der Waals surface area contributed by atoms with Crippen molar-refractivity contribution in [2.45, 2.75) is 38.5 Å². The van der Waals surface area contributed by atoms with Crippen LogP contribution < -0.4 is 4.90 Å². The summed E-state index contributed by atoms with van der Waals surface area (Å²) in [6, 6.07) is 10.9. The van der Waals surface area contributed by atoms with Gasteiger partial charge in [0.1, 0.15) is 0 Å². The standard InChI is InChI=1S/C24H29N3O4S/c1-17-15-18(2)23(19(3)16-17)32(30,31)26-13-11-25(12-14-26)24(29)20-6-8-21(9-7-20)27-10-4-5-22(27)28/h6-9,15-16H,4-5,10-14H2,1-3H3. The second-order valence-corrected chi connectivity index (χ2v) is 10.5. The van der Waals surface area contributed by atoms with Gasteiger partial charge in [0.25, 0.3) is 5.91 Å². The van der Waals surface area contributed by atoms with E-state index < -0.39 is 10.0 Å². The summed E-state index contributed by atoms with van der Waals surface area (Å²) in [6.45, 7) is 7.53. The van der Waals surface area contributed by atoms with Crippen molar-refractivity contribution in [3.05, 3.63) is 58.7 Å². The highest BCUT2D eigenvalue weighted by atomic mass is 32.2. The molecule has 2 saturated heterocycles. The van der Waals surface area contributed by atoms with Gasteiger partial charge < -0.3 is 9.80 Å². The average Bonchev–Trinajstić information content (AvgIpc) is 3.18. The van der Waals surface area contributed by atoms with E-state index in [-0.39, 0.29) is 24.9 Å². The predicted molar refractivity (Wildman–Crippen MR) is 123 cm³/mol. The Balaban J connectivity index is 1.43. The fourth-order valence-electron chi connectivity index (χ4n) is 4.72. The number of carbonyl (C=O) groups excluding carboxylic acids is 2. The summed E-state index contributed by atoms with van der Waals surface area (Å²) < 4.78 is 28.0. The first-order valence-electron chi connectivity index (χ1n) is 11.0. The monoisotopic (exact) mass is 455 g/mol. The van der Waals surface area contributed by atoms with Gasteiger partial charge in [0, 0.05) is 50.4 Å². The summed E-state index contributed by atoms with van der Waals surface area (Å²) in [4.78, 5) is 28.7. The molecule has 0 aromatic heterocycles. The van der Waals surface area contributed by atoms with E-state index in [0.29, 0.717) is 36.5 Å². The van der Waals surface area contributed by atoms with Gasteiger partial charge in [-0.05, 0) is 62.6 Å². The lowest BCUT2D eigenvalue weighted by Crippen LogP contribution is -2.50. The molecule has 2 aliphatic heterocycles. The van der Waals surface area contributed by atoms with Crippen LogP contribution in [0.15, 0.2) is 41.3 Å². The third-order valence-electron chi connectivity index (χ3n) is 6.23. The Labute approximate surface area is 189 Å². The normalized spacial score (nSPS) is 17.8. The molecule has 0 saturated carbocycles. The summed E-state index contributed by atoms with van der Waals surface area (Å²) in [7, 11) is -3.62. The molecule has 2 aromatic carbocycles. The molecule has 0 unspecified atom stereocenters. The van der Waals surface area contributed by atoms with Crippen LogP contribution in [-0.4, -0.2) is 62.2 Å². The number of hydrogen-bond donors (Lipinski definition) is 0. The van der Waals surface area contributed by atoms with Crippen LogP contribution in [0.5, 0.6) is 0 Å². The highest BCUT2D eigenvalue weighted by Crippen LogP contribution is 2.27. The summed E-state index contributed by atoms with van der Waals surface area (Å²) in [5.74, 6) is -0.00972. The Morgan fingerprint density at radius 2 is 1.47 bits per heavy atom. The zero-order valence-corrected chi connectivity index (χ0v) is 19.6. The van der Waals surface area contributed by atoms with Crippen LogP contribution in [0.25, 0.3) is 0 Å². The number of aryl methyl sites for hydroxylation is 3. The minimum atomic E-state index is -3.62. The first-order chi connectivity index (χ1) is 15.2. The van der Waals surface area contributed by atoms with E-state index >= 15 is 0 Å². The minimum absolute atomic E-state index is 0.112. The molecule has 4 rings (SSSR count). The fourth-order valence-corrected chi connectivity index (χ4v) is 6.56. The molecule has 7 nitrogen and oxygen atoms in total. The lowest BCUT2D eigenvalue weighted by molar-refractivity contribution is -0.117. The van der Waals surface area contributed by atoms with Crippen molar-refractivity contribution in [1.29, 1.82) is 0 Å². The van der Waals surface area contributed by atoms with E-state index in [1.165, 1.54) is 4.31 Å². The molecule has 0 spiro atoms. The Morgan fingerprint density at radius 3 is 2.00 bits per heavy atom. The first-order valence-corrected chi connectivity index (χ1v) is 12.4. The molecule has 32 heavy (non-hydrogen) atoms. The van der Waals surface area contributed by atoms with Crippen molar-refractivity contribution in [2.75, 3.05) is 37.6 Å². The minimum Gasteiger partial charge on any atom is -0.336 e. The maximum Gasteiger partial charge on any atom is 0.253 e. The smallest absolute Gasteiger partial charge is 0.253 e. The third kappa shape index (κ3) is 4.17. The summed E-state index contributed by atoms with van der Waals surface area (Å²) in [5, 5.41) is 0. The van der Waals surface area contributed by atoms with Crippen molar-refractivity contribution in [1.82, 2.24) is 9.21 Å². The van der Waals surface area contributed by atoms with E-state index in [0.717, 1.165) is 28.8 Å². The maximum absolute atomic E-state index is 13.3. The van der Waals surface area contributed by atoms with Crippen LogP contribution in [0.3, 0.4) is 0 Å². The number of amides is 2. The quantitative estimate of drug-likeness (QED) is 0.710. The van der Waals surface area contributed by atoms with Crippen LogP contribution in [0.4, 0.5) is 5.69 Å². The van der Waals surface area contributed by atoms with Gasteiger partial charge in [-0.3, -0.25) is 9.59 Å². The number of benzene rings is 2. The molecule has 0 aliphatic carbocycles. The van der Waals surface area contributed by atoms with Crippen LogP contribution in [0.1, 0.15) is 39.9 Å². The van der Waals surface area contributed by atoms with Crippen molar-refractivity contribution >= 4 is 27.5 Å². The zero-order valence-electron chi connectivity index (χ0n) is 18.8. The average molecular weight is 456 g/mol. The van der Waals surface area contributed by atoms with E-state index in [9.17, 15) is 18.0 Å². The maximum atomic E-state index is 13.3. The number of hydrogen-bond acceptors (Lipinski definition) is 4. The Morgan fingerprint density at radius 1 is 0.875 bits per heavy atom. The summed E-state index contributed by atoms with van der Waals surface area (Å²) in [6.07, 6.45) is 1.42. The fraction of sp³-hybridized carbons (Fsp3) is 0.417. The van der Waals surface area contributed by atoms with Crippen molar-refractivity contribution in [3.8, 4) is 0 Å². The predicted octanol–water partition coefficient (Wildman–Crippen LogP) is 2.89. The summed E-state index contributed by atoms with van der Waals surface area (Å²) >= 11 is 0. The number of piperazine rings is 1.